The van der Waals surface area contributed by atoms with Crippen LogP contribution in [0, 0.1) is 0 Å². The second-order valence-electron chi connectivity index (χ2n) is 4.08. The molecule has 1 unspecified atom stereocenters. The van der Waals surface area contributed by atoms with Gasteiger partial charge in [0, 0.05) is 12.2 Å². The monoisotopic (exact) mass is 270 g/mol. The zero-order valence-corrected chi connectivity index (χ0v) is 10.4. The normalized spacial score (nSPS) is 20.8. The van der Waals surface area contributed by atoms with Crippen LogP contribution in [0.5, 0.6) is 0 Å². The molecular formula is C11H14N2O4S. The van der Waals surface area contributed by atoms with Gasteiger partial charge in [-0.1, -0.05) is 18.2 Å². The molecule has 1 aliphatic rings. The predicted molar refractivity (Wildman–Crippen MR) is 66.3 cm³/mol. The van der Waals surface area contributed by atoms with E-state index in [1.807, 2.05) is 0 Å². The number of hydrogen-bond acceptors (Lipinski definition) is 3. The van der Waals surface area contributed by atoms with Gasteiger partial charge >= 0.3 is 16.2 Å². The summed E-state index contributed by atoms with van der Waals surface area (Å²) in [5.74, 6) is -1.11. The third-order valence-corrected chi connectivity index (χ3v) is 4.37. The predicted octanol–water partition coefficient (Wildman–Crippen LogP) is 0.892. The van der Waals surface area contributed by atoms with Crippen molar-refractivity contribution in [1.82, 2.24) is 4.31 Å². The highest BCUT2D eigenvalue weighted by molar-refractivity contribution is 7.90. The van der Waals surface area contributed by atoms with Crippen molar-refractivity contribution in [1.29, 1.82) is 0 Å². The van der Waals surface area contributed by atoms with E-state index in [0.29, 0.717) is 18.5 Å². The Kier molecular flexibility index (Phi) is 3.53. The number of carboxylic acid groups (broad SMARTS) is 1. The van der Waals surface area contributed by atoms with Crippen LogP contribution in [0.1, 0.15) is 12.8 Å². The van der Waals surface area contributed by atoms with Crippen LogP contribution in [-0.2, 0) is 15.0 Å². The molecule has 0 bridgehead atoms. The molecule has 1 aromatic rings. The number of nitrogens with zero attached hydrogens (tertiary/aromatic N) is 1. The van der Waals surface area contributed by atoms with Crippen LogP contribution in [0.2, 0.25) is 0 Å². The van der Waals surface area contributed by atoms with Crippen molar-refractivity contribution in [2.24, 2.45) is 0 Å². The maximum Gasteiger partial charge on any atom is 0.322 e. The number of para-hydroxylation sites is 1. The van der Waals surface area contributed by atoms with Crippen LogP contribution in [0.25, 0.3) is 0 Å². The third kappa shape index (κ3) is 2.62. The number of nitrogens with one attached hydrogen (secondary N) is 1. The summed E-state index contributed by atoms with van der Waals surface area (Å²) in [7, 11) is -3.80. The Morgan fingerprint density at radius 1 is 1.33 bits per heavy atom. The third-order valence-electron chi connectivity index (χ3n) is 2.82. The van der Waals surface area contributed by atoms with Crippen molar-refractivity contribution >= 4 is 21.9 Å². The second-order valence-corrected chi connectivity index (χ2v) is 5.70. The number of hydrogen-bond donors (Lipinski definition) is 2. The van der Waals surface area contributed by atoms with Gasteiger partial charge in [0.2, 0.25) is 0 Å². The van der Waals surface area contributed by atoms with E-state index < -0.39 is 22.2 Å². The molecule has 0 aliphatic carbocycles. The molecule has 1 heterocycles. The fraction of sp³-hybridized carbons (Fsp3) is 0.364. The average Bonchev–Trinajstić information content (AvgIpc) is 2.79. The number of carbonyl (C=O) groups is 1. The van der Waals surface area contributed by atoms with Crippen molar-refractivity contribution in [3.8, 4) is 0 Å². The molecule has 1 aromatic carbocycles. The first-order valence-electron chi connectivity index (χ1n) is 5.58. The van der Waals surface area contributed by atoms with E-state index in [1.54, 1.807) is 30.3 Å². The van der Waals surface area contributed by atoms with Crippen molar-refractivity contribution in [2.75, 3.05) is 11.3 Å². The van der Waals surface area contributed by atoms with Gasteiger partial charge in [0.1, 0.15) is 6.04 Å². The fourth-order valence-electron chi connectivity index (χ4n) is 1.99. The Balaban J connectivity index is 2.19. The highest BCUT2D eigenvalue weighted by Gasteiger charge is 2.38. The Morgan fingerprint density at radius 2 is 2.00 bits per heavy atom. The molecule has 1 saturated heterocycles. The van der Waals surface area contributed by atoms with Crippen LogP contribution in [-0.4, -0.2) is 36.4 Å². The maximum atomic E-state index is 12.1. The minimum Gasteiger partial charge on any atom is -0.480 e. The minimum absolute atomic E-state index is 0.235. The van der Waals surface area contributed by atoms with Gasteiger partial charge in [-0.15, -0.1) is 0 Å². The molecule has 98 valence electrons. The largest absolute Gasteiger partial charge is 0.480 e. The summed E-state index contributed by atoms with van der Waals surface area (Å²) in [6.07, 6.45) is 0.914. The standard InChI is InChI=1S/C11H14N2O4S/c14-11(15)10-7-4-8-13(10)18(16,17)12-9-5-2-1-3-6-9/h1-3,5-6,10,12H,4,7-8H2,(H,14,15). The summed E-state index contributed by atoms with van der Waals surface area (Å²) in [6, 6.07) is 7.44. The summed E-state index contributed by atoms with van der Waals surface area (Å²) in [6.45, 7) is 0.235. The van der Waals surface area contributed by atoms with E-state index in [4.69, 9.17) is 5.11 Å². The fourth-order valence-corrected chi connectivity index (χ4v) is 3.44. The first-order chi connectivity index (χ1) is 8.50. The molecule has 1 atom stereocenters. The maximum absolute atomic E-state index is 12.1. The molecule has 18 heavy (non-hydrogen) atoms. The Bertz CT molecular complexity index is 529. The first kappa shape index (κ1) is 12.8. The van der Waals surface area contributed by atoms with Crippen LogP contribution < -0.4 is 4.72 Å². The molecule has 0 saturated carbocycles. The lowest BCUT2D eigenvalue weighted by atomic mass is 10.2. The Labute approximate surface area is 105 Å². The Morgan fingerprint density at radius 3 is 2.61 bits per heavy atom. The van der Waals surface area contributed by atoms with Crippen LogP contribution in [0.3, 0.4) is 0 Å². The quantitative estimate of drug-likeness (QED) is 0.850. The molecule has 7 heteroatoms. The van der Waals surface area contributed by atoms with E-state index >= 15 is 0 Å². The minimum atomic E-state index is -3.80. The molecule has 6 nitrogen and oxygen atoms in total. The first-order valence-corrected chi connectivity index (χ1v) is 7.02. The van der Waals surface area contributed by atoms with Crippen LogP contribution >= 0.6 is 0 Å². The van der Waals surface area contributed by atoms with Gasteiger partial charge in [-0.05, 0) is 25.0 Å². The molecule has 2 rings (SSSR count). The highest BCUT2D eigenvalue weighted by atomic mass is 32.2. The van der Waals surface area contributed by atoms with Crippen molar-refractivity contribution in [3.05, 3.63) is 30.3 Å². The summed E-state index contributed by atoms with van der Waals surface area (Å²) in [5, 5.41) is 8.98. The van der Waals surface area contributed by atoms with E-state index in [0.717, 1.165) is 4.31 Å². The number of rotatable bonds is 4. The molecule has 1 aliphatic heterocycles. The molecule has 0 aromatic heterocycles. The highest BCUT2D eigenvalue weighted by Crippen LogP contribution is 2.22. The topological polar surface area (TPSA) is 86.7 Å². The zero-order chi connectivity index (χ0) is 13.2. The summed E-state index contributed by atoms with van der Waals surface area (Å²) < 4.78 is 27.5. The van der Waals surface area contributed by atoms with Gasteiger partial charge in [-0.25, -0.2) is 0 Å². The van der Waals surface area contributed by atoms with Gasteiger partial charge < -0.3 is 5.11 Å². The average molecular weight is 270 g/mol. The lowest BCUT2D eigenvalue weighted by Crippen LogP contribution is -2.43. The zero-order valence-electron chi connectivity index (χ0n) is 9.61. The van der Waals surface area contributed by atoms with Gasteiger partial charge in [0.15, 0.2) is 0 Å². The second kappa shape index (κ2) is 4.95. The molecule has 0 radical (unpaired) electrons. The van der Waals surface area contributed by atoms with E-state index in [2.05, 4.69) is 4.72 Å². The van der Waals surface area contributed by atoms with Gasteiger partial charge in [0.25, 0.3) is 0 Å². The molecule has 1 fully saturated rings. The number of benzene rings is 1. The molecule has 0 spiro atoms. The summed E-state index contributed by atoms with van der Waals surface area (Å²) in [5.41, 5.74) is 0.425. The lowest BCUT2D eigenvalue weighted by molar-refractivity contribution is -0.140. The van der Waals surface area contributed by atoms with Gasteiger partial charge in [-0.3, -0.25) is 9.52 Å². The van der Waals surface area contributed by atoms with Gasteiger partial charge in [-0.2, -0.15) is 12.7 Å². The van der Waals surface area contributed by atoms with Crippen molar-refractivity contribution in [2.45, 2.75) is 18.9 Å². The summed E-state index contributed by atoms with van der Waals surface area (Å²) >= 11 is 0. The van der Waals surface area contributed by atoms with Crippen molar-refractivity contribution in [3.63, 3.8) is 0 Å². The molecular weight excluding hydrogens is 256 g/mol. The lowest BCUT2D eigenvalue weighted by Gasteiger charge is -2.21. The number of anilines is 1. The SMILES string of the molecule is O=C(O)C1CCCN1S(=O)(=O)Nc1ccccc1. The summed E-state index contributed by atoms with van der Waals surface area (Å²) in [4.78, 5) is 11.0. The van der Waals surface area contributed by atoms with E-state index in [9.17, 15) is 13.2 Å². The number of aliphatic carboxylic acids is 1. The molecule has 2 N–H and O–H groups in total. The Hall–Kier alpha value is -1.60. The molecule has 0 amide bonds. The van der Waals surface area contributed by atoms with Crippen LogP contribution in [0.15, 0.2) is 30.3 Å². The smallest absolute Gasteiger partial charge is 0.322 e. The van der Waals surface area contributed by atoms with Crippen molar-refractivity contribution < 1.29 is 18.3 Å². The van der Waals surface area contributed by atoms with Gasteiger partial charge in [0.05, 0.1) is 0 Å². The van der Waals surface area contributed by atoms with E-state index in [-0.39, 0.29) is 6.54 Å². The van der Waals surface area contributed by atoms with E-state index in [1.165, 1.54) is 0 Å². The van der Waals surface area contributed by atoms with Crippen LogP contribution in [0.4, 0.5) is 5.69 Å². The number of carboxylic acids is 1.